The van der Waals surface area contributed by atoms with E-state index in [1.807, 2.05) is 38.1 Å². The summed E-state index contributed by atoms with van der Waals surface area (Å²) in [4.78, 5) is 0. The molecule has 0 spiro atoms. The third kappa shape index (κ3) is 7.43. The lowest BCUT2D eigenvalue weighted by Gasteiger charge is -2.22. The van der Waals surface area contributed by atoms with Gasteiger partial charge in [0.2, 0.25) is 0 Å². The molecule has 0 fully saturated rings. The van der Waals surface area contributed by atoms with Gasteiger partial charge in [-0.05, 0) is 38.0 Å². The van der Waals surface area contributed by atoms with E-state index in [0.717, 1.165) is 12.0 Å². The smallest absolute Gasteiger partial charge is 0.119 e. The summed E-state index contributed by atoms with van der Waals surface area (Å²) in [5.41, 5.74) is 6.37. The van der Waals surface area contributed by atoms with Crippen LogP contribution in [0.25, 0.3) is 0 Å². The molecule has 1 rings (SSSR count). The Morgan fingerprint density at radius 1 is 1.19 bits per heavy atom. The average molecular weight is 297 g/mol. The molecule has 0 aliphatic rings. The van der Waals surface area contributed by atoms with Crippen molar-refractivity contribution >= 4 is 0 Å². The fraction of sp³-hybridized carbons (Fsp3) is 0.625. The van der Waals surface area contributed by atoms with Gasteiger partial charge in [0.05, 0.1) is 12.2 Å². The van der Waals surface area contributed by atoms with Gasteiger partial charge in [0.1, 0.15) is 18.5 Å². The molecule has 0 aliphatic carbocycles. The number of nitrogens with two attached hydrogens (primary N) is 1. The lowest BCUT2D eigenvalue weighted by atomic mass is 10.1. The van der Waals surface area contributed by atoms with Gasteiger partial charge in [-0.15, -0.1) is 0 Å². The minimum absolute atomic E-state index is 0.202. The summed E-state index contributed by atoms with van der Waals surface area (Å²) in [5.74, 6) is 0.715. The highest BCUT2D eigenvalue weighted by Crippen LogP contribution is 2.13. The summed E-state index contributed by atoms with van der Waals surface area (Å²) in [6.45, 7) is 5.51. The second-order valence-electron chi connectivity index (χ2n) is 5.60. The summed E-state index contributed by atoms with van der Waals surface area (Å²) in [7, 11) is 1.68. The summed E-state index contributed by atoms with van der Waals surface area (Å²) in [6, 6.07) is 7.50. The summed E-state index contributed by atoms with van der Waals surface area (Å²) in [5, 5.41) is 9.80. The molecule has 3 N–H and O–H groups in total. The van der Waals surface area contributed by atoms with Crippen LogP contribution < -0.4 is 10.5 Å². The van der Waals surface area contributed by atoms with Crippen LogP contribution in [0, 0.1) is 0 Å². The normalized spacial score (nSPS) is 13.2. The molecule has 0 aromatic heterocycles. The minimum atomic E-state index is -0.648. The van der Waals surface area contributed by atoms with Gasteiger partial charge in [-0.3, -0.25) is 0 Å². The van der Waals surface area contributed by atoms with Gasteiger partial charge < -0.3 is 25.1 Å². The molecule has 0 aliphatic heterocycles. The standard InChI is InChI=1S/C16H27NO4/c1-16(2,19-3)8-9-20-11-14(18)12-21-15-6-4-13(10-17)5-7-15/h4-7,14,18H,8-12,17H2,1-3H3. The Morgan fingerprint density at radius 2 is 1.86 bits per heavy atom. The second-order valence-corrected chi connectivity index (χ2v) is 5.60. The Balaban J connectivity index is 2.17. The van der Waals surface area contributed by atoms with Gasteiger partial charge in [0.25, 0.3) is 0 Å². The van der Waals surface area contributed by atoms with E-state index in [1.165, 1.54) is 0 Å². The fourth-order valence-electron chi connectivity index (χ4n) is 1.60. The van der Waals surface area contributed by atoms with E-state index in [2.05, 4.69) is 0 Å². The van der Waals surface area contributed by atoms with Crippen molar-refractivity contribution in [3.05, 3.63) is 29.8 Å². The molecule has 0 saturated carbocycles. The largest absolute Gasteiger partial charge is 0.491 e. The average Bonchev–Trinajstić information content (AvgIpc) is 2.50. The molecule has 1 aromatic rings. The van der Waals surface area contributed by atoms with Crippen LogP contribution in [-0.4, -0.2) is 43.7 Å². The molecule has 5 nitrogen and oxygen atoms in total. The highest BCUT2D eigenvalue weighted by Gasteiger charge is 2.16. The molecule has 0 amide bonds. The van der Waals surface area contributed by atoms with Crippen molar-refractivity contribution in [3.63, 3.8) is 0 Å². The lowest BCUT2D eigenvalue weighted by molar-refractivity contribution is -0.0308. The Kier molecular flexibility index (Phi) is 7.67. The van der Waals surface area contributed by atoms with Crippen molar-refractivity contribution < 1.29 is 19.3 Å². The Bertz CT molecular complexity index is 392. The molecule has 120 valence electrons. The molecular weight excluding hydrogens is 270 g/mol. The van der Waals surface area contributed by atoms with E-state index in [4.69, 9.17) is 19.9 Å². The summed E-state index contributed by atoms with van der Waals surface area (Å²) < 4.78 is 16.2. The number of benzene rings is 1. The van der Waals surface area contributed by atoms with E-state index in [0.29, 0.717) is 18.9 Å². The van der Waals surface area contributed by atoms with E-state index in [1.54, 1.807) is 7.11 Å². The first kappa shape index (κ1) is 17.9. The van der Waals surface area contributed by atoms with E-state index < -0.39 is 6.10 Å². The first-order chi connectivity index (χ1) is 9.96. The van der Waals surface area contributed by atoms with Crippen LogP contribution in [0.4, 0.5) is 0 Å². The topological polar surface area (TPSA) is 73.9 Å². The number of aliphatic hydroxyl groups is 1. The van der Waals surface area contributed by atoms with Crippen molar-refractivity contribution in [3.8, 4) is 5.75 Å². The van der Waals surface area contributed by atoms with Gasteiger partial charge in [0, 0.05) is 20.3 Å². The molecule has 0 radical (unpaired) electrons. The molecular formula is C16H27NO4. The van der Waals surface area contributed by atoms with Gasteiger partial charge >= 0.3 is 0 Å². The molecule has 5 heteroatoms. The van der Waals surface area contributed by atoms with Crippen molar-refractivity contribution in [2.45, 2.75) is 38.5 Å². The number of aliphatic hydroxyl groups excluding tert-OH is 1. The zero-order valence-electron chi connectivity index (χ0n) is 13.2. The maximum atomic E-state index is 9.80. The zero-order chi connectivity index (χ0) is 15.7. The van der Waals surface area contributed by atoms with Crippen LogP contribution in [-0.2, 0) is 16.0 Å². The maximum absolute atomic E-state index is 9.80. The third-order valence-corrected chi connectivity index (χ3v) is 3.31. The molecule has 1 atom stereocenters. The van der Waals surface area contributed by atoms with Gasteiger partial charge in [0.15, 0.2) is 0 Å². The molecule has 0 saturated heterocycles. The highest BCUT2D eigenvalue weighted by molar-refractivity contribution is 5.27. The Hall–Kier alpha value is -1.14. The fourth-order valence-corrected chi connectivity index (χ4v) is 1.60. The van der Waals surface area contributed by atoms with Crippen LogP contribution in [0.5, 0.6) is 5.75 Å². The highest BCUT2D eigenvalue weighted by atomic mass is 16.5. The quantitative estimate of drug-likeness (QED) is 0.643. The first-order valence-electron chi connectivity index (χ1n) is 7.19. The molecule has 1 unspecified atom stereocenters. The van der Waals surface area contributed by atoms with Gasteiger partial charge in [-0.25, -0.2) is 0 Å². The Labute approximate surface area is 127 Å². The summed E-state index contributed by atoms with van der Waals surface area (Å²) >= 11 is 0. The molecule has 0 heterocycles. The number of hydrogen-bond donors (Lipinski definition) is 2. The number of hydrogen-bond acceptors (Lipinski definition) is 5. The SMILES string of the molecule is COC(C)(C)CCOCC(O)COc1ccc(CN)cc1. The number of methoxy groups -OCH3 is 1. The van der Waals surface area contributed by atoms with E-state index in [9.17, 15) is 5.11 Å². The third-order valence-electron chi connectivity index (χ3n) is 3.31. The van der Waals surface area contributed by atoms with Crippen LogP contribution >= 0.6 is 0 Å². The van der Waals surface area contributed by atoms with Crippen LogP contribution in [0.2, 0.25) is 0 Å². The van der Waals surface area contributed by atoms with Crippen molar-refractivity contribution in [1.29, 1.82) is 0 Å². The Morgan fingerprint density at radius 3 is 2.43 bits per heavy atom. The monoisotopic (exact) mass is 297 g/mol. The first-order valence-corrected chi connectivity index (χ1v) is 7.19. The summed E-state index contributed by atoms with van der Waals surface area (Å²) in [6.07, 6.45) is 0.127. The van der Waals surface area contributed by atoms with Crippen molar-refractivity contribution in [2.24, 2.45) is 5.73 Å². The number of rotatable bonds is 10. The van der Waals surface area contributed by atoms with Crippen LogP contribution in [0.1, 0.15) is 25.8 Å². The second kappa shape index (κ2) is 9.00. The predicted octanol–water partition coefficient (Wildman–Crippen LogP) is 1.72. The molecule has 21 heavy (non-hydrogen) atoms. The molecule has 0 bridgehead atoms. The minimum Gasteiger partial charge on any atom is -0.491 e. The van der Waals surface area contributed by atoms with Crippen molar-refractivity contribution in [2.75, 3.05) is 26.9 Å². The van der Waals surface area contributed by atoms with Crippen molar-refractivity contribution in [1.82, 2.24) is 0 Å². The maximum Gasteiger partial charge on any atom is 0.119 e. The van der Waals surface area contributed by atoms with Crippen LogP contribution in [0.3, 0.4) is 0 Å². The molecule has 1 aromatic carbocycles. The number of ether oxygens (including phenoxy) is 3. The predicted molar refractivity (Wildman–Crippen MR) is 82.4 cm³/mol. The van der Waals surface area contributed by atoms with E-state index >= 15 is 0 Å². The zero-order valence-corrected chi connectivity index (χ0v) is 13.2. The van der Waals surface area contributed by atoms with Gasteiger partial charge in [-0.1, -0.05) is 12.1 Å². The lowest BCUT2D eigenvalue weighted by Crippen LogP contribution is -2.27. The van der Waals surface area contributed by atoms with E-state index in [-0.39, 0.29) is 18.8 Å². The van der Waals surface area contributed by atoms with Crippen LogP contribution in [0.15, 0.2) is 24.3 Å². The van der Waals surface area contributed by atoms with Gasteiger partial charge in [-0.2, -0.15) is 0 Å².